The van der Waals surface area contributed by atoms with E-state index < -0.39 is 28.2 Å². The third-order valence-corrected chi connectivity index (χ3v) is 1.96. The zero-order valence-electron chi connectivity index (χ0n) is 5.57. The molecule has 64 valence electrons. The summed E-state index contributed by atoms with van der Waals surface area (Å²) in [5.74, 6) is -3.00. The molecule has 0 bridgehead atoms. The number of halogens is 1. The Kier molecular flexibility index (Phi) is 2.09. The zero-order chi connectivity index (χ0) is 9.30. The fourth-order valence-corrected chi connectivity index (χ4v) is 1.45. The molecule has 12 heavy (non-hydrogen) atoms. The minimum Gasteiger partial charge on any atom is -0.478 e. The first kappa shape index (κ1) is 8.66. The van der Waals surface area contributed by atoms with Crippen LogP contribution in [0.2, 0.25) is 0 Å². The smallest absolute Gasteiger partial charge is 0.340 e. The summed E-state index contributed by atoms with van der Waals surface area (Å²) in [6.07, 6.45) is 0. The molecular weight excluding hydrogens is 187 g/mol. The number of rotatable bonds is 2. The van der Waals surface area contributed by atoms with Gasteiger partial charge >= 0.3 is 11.9 Å². The van der Waals surface area contributed by atoms with Crippen molar-refractivity contribution in [2.24, 2.45) is 0 Å². The maximum Gasteiger partial charge on any atom is 0.340 e. The van der Waals surface area contributed by atoms with Crippen molar-refractivity contribution in [3.8, 4) is 0 Å². The van der Waals surface area contributed by atoms with Crippen molar-refractivity contribution >= 4 is 23.3 Å². The molecule has 0 atom stereocenters. The van der Waals surface area contributed by atoms with E-state index in [2.05, 4.69) is 0 Å². The minimum absolute atomic E-state index is 0.459. The van der Waals surface area contributed by atoms with Crippen molar-refractivity contribution in [3.63, 3.8) is 0 Å². The van der Waals surface area contributed by atoms with Crippen molar-refractivity contribution < 1.29 is 24.2 Å². The predicted octanol–water partition coefficient (Wildman–Crippen LogP) is 1.28. The second-order valence-corrected chi connectivity index (χ2v) is 2.74. The van der Waals surface area contributed by atoms with Crippen molar-refractivity contribution in [2.75, 3.05) is 0 Å². The zero-order valence-corrected chi connectivity index (χ0v) is 6.39. The number of carboxylic acid groups (broad SMARTS) is 2. The first-order chi connectivity index (χ1) is 5.54. The van der Waals surface area contributed by atoms with Gasteiger partial charge in [0.2, 0.25) is 0 Å². The maximum absolute atomic E-state index is 12.6. The van der Waals surface area contributed by atoms with E-state index in [0.29, 0.717) is 11.3 Å². The maximum atomic E-state index is 12.6. The average Bonchev–Trinajstić information content (AvgIpc) is 2.30. The van der Waals surface area contributed by atoms with E-state index >= 15 is 0 Å². The van der Waals surface area contributed by atoms with E-state index in [1.165, 1.54) is 0 Å². The van der Waals surface area contributed by atoms with Gasteiger partial charge in [0.15, 0.2) is 5.13 Å². The highest BCUT2D eigenvalue weighted by atomic mass is 32.1. The number of thiophene rings is 1. The van der Waals surface area contributed by atoms with Gasteiger partial charge in [0.1, 0.15) is 5.56 Å². The highest BCUT2D eigenvalue weighted by molar-refractivity contribution is 7.08. The molecular formula is C6H3FO4S. The molecule has 2 N–H and O–H groups in total. The second kappa shape index (κ2) is 2.90. The topological polar surface area (TPSA) is 74.6 Å². The number of aromatic carboxylic acids is 2. The van der Waals surface area contributed by atoms with Crippen LogP contribution in [0.1, 0.15) is 20.7 Å². The Morgan fingerprint density at radius 3 is 2.25 bits per heavy atom. The lowest BCUT2D eigenvalue weighted by Gasteiger charge is -1.91. The van der Waals surface area contributed by atoms with E-state index in [0.717, 1.165) is 5.38 Å². The van der Waals surface area contributed by atoms with Gasteiger partial charge in [-0.1, -0.05) is 0 Å². The lowest BCUT2D eigenvalue weighted by atomic mass is 10.2. The summed E-state index contributed by atoms with van der Waals surface area (Å²) in [5, 5.41) is 16.8. The van der Waals surface area contributed by atoms with Gasteiger partial charge < -0.3 is 10.2 Å². The molecule has 0 aliphatic heterocycles. The Bertz CT molecular complexity index is 343. The molecule has 0 amide bonds. The summed E-state index contributed by atoms with van der Waals surface area (Å²) in [4.78, 5) is 20.6. The number of carboxylic acids is 2. The van der Waals surface area contributed by atoms with Gasteiger partial charge in [0.05, 0.1) is 5.56 Å². The van der Waals surface area contributed by atoms with E-state index in [1.54, 1.807) is 0 Å². The number of hydrogen-bond acceptors (Lipinski definition) is 3. The molecule has 0 aromatic carbocycles. The van der Waals surface area contributed by atoms with Crippen LogP contribution < -0.4 is 0 Å². The van der Waals surface area contributed by atoms with Crippen molar-refractivity contribution in [1.29, 1.82) is 0 Å². The molecule has 0 aliphatic carbocycles. The Hall–Kier alpha value is -1.43. The summed E-state index contributed by atoms with van der Waals surface area (Å²) >= 11 is 0.459. The average molecular weight is 190 g/mol. The van der Waals surface area contributed by atoms with Gasteiger partial charge in [-0.3, -0.25) is 0 Å². The van der Waals surface area contributed by atoms with Crippen LogP contribution in [0.25, 0.3) is 0 Å². The molecule has 1 aromatic heterocycles. The van der Waals surface area contributed by atoms with Gasteiger partial charge in [0.25, 0.3) is 0 Å². The largest absolute Gasteiger partial charge is 0.478 e. The second-order valence-electron chi connectivity index (χ2n) is 1.91. The molecule has 1 heterocycles. The molecule has 6 heteroatoms. The van der Waals surface area contributed by atoms with E-state index in [1.807, 2.05) is 0 Å². The van der Waals surface area contributed by atoms with Crippen LogP contribution in [0, 0.1) is 5.13 Å². The van der Waals surface area contributed by atoms with Crippen LogP contribution >= 0.6 is 11.3 Å². The van der Waals surface area contributed by atoms with Crippen LogP contribution in [-0.4, -0.2) is 22.2 Å². The minimum atomic E-state index is -1.56. The highest BCUT2D eigenvalue weighted by Gasteiger charge is 2.22. The fraction of sp³-hybridized carbons (Fsp3) is 0. The van der Waals surface area contributed by atoms with Crippen molar-refractivity contribution in [1.82, 2.24) is 0 Å². The summed E-state index contributed by atoms with van der Waals surface area (Å²) < 4.78 is 12.6. The van der Waals surface area contributed by atoms with E-state index in [4.69, 9.17) is 10.2 Å². The molecule has 0 saturated carbocycles. The Morgan fingerprint density at radius 1 is 1.33 bits per heavy atom. The van der Waals surface area contributed by atoms with E-state index in [9.17, 15) is 14.0 Å². The normalized spacial score (nSPS) is 9.75. The Morgan fingerprint density at radius 2 is 1.92 bits per heavy atom. The first-order valence-corrected chi connectivity index (χ1v) is 3.65. The summed E-state index contributed by atoms with van der Waals surface area (Å²) in [6.45, 7) is 0. The van der Waals surface area contributed by atoms with Crippen molar-refractivity contribution in [3.05, 3.63) is 21.6 Å². The highest BCUT2D eigenvalue weighted by Crippen LogP contribution is 2.20. The van der Waals surface area contributed by atoms with Gasteiger partial charge in [-0.2, -0.15) is 4.39 Å². The van der Waals surface area contributed by atoms with Crippen LogP contribution in [0.4, 0.5) is 4.39 Å². The molecule has 1 rings (SSSR count). The fourth-order valence-electron chi connectivity index (χ4n) is 0.691. The summed E-state index contributed by atoms with van der Waals surface area (Å²) in [7, 11) is 0. The van der Waals surface area contributed by atoms with Gasteiger partial charge in [-0.15, -0.1) is 11.3 Å². The van der Waals surface area contributed by atoms with Gasteiger partial charge in [0, 0.05) is 5.38 Å². The van der Waals surface area contributed by atoms with Crippen LogP contribution in [0.5, 0.6) is 0 Å². The number of carbonyl (C=O) groups is 2. The molecule has 4 nitrogen and oxygen atoms in total. The van der Waals surface area contributed by atoms with Crippen molar-refractivity contribution in [2.45, 2.75) is 0 Å². The van der Waals surface area contributed by atoms with Gasteiger partial charge in [-0.25, -0.2) is 9.59 Å². The first-order valence-electron chi connectivity index (χ1n) is 2.77. The summed E-state index contributed by atoms with van der Waals surface area (Å²) in [6, 6.07) is 0. The molecule has 0 aliphatic rings. The van der Waals surface area contributed by atoms with Crippen LogP contribution in [-0.2, 0) is 0 Å². The lowest BCUT2D eigenvalue weighted by molar-refractivity contribution is 0.0649. The Balaban J connectivity index is 3.31. The standard InChI is InChI=1S/C6H3FO4S/c7-4-3(6(10)11)2(1-12-4)5(8)9/h1H,(H,8,9)(H,10,11). The Labute approximate surface area is 69.9 Å². The molecule has 0 saturated heterocycles. The predicted molar refractivity (Wildman–Crippen MR) is 38.2 cm³/mol. The lowest BCUT2D eigenvalue weighted by Crippen LogP contribution is -2.06. The molecule has 0 unspecified atom stereocenters. The molecule has 0 spiro atoms. The van der Waals surface area contributed by atoms with E-state index in [-0.39, 0.29) is 0 Å². The van der Waals surface area contributed by atoms with Crippen LogP contribution in [0.3, 0.4) is 0 Å². The quantitative estimate of drug-likeness (QED) is 0.736. The molecule has 0 radical (unpaired) electrons. The van der Waals surface area contributed by atoms with Gasteiger partial charge in [-0.05, 0) is 0 Å². The third kappa shape index (κ3) is 1.28. The SMILES string of the molecule is O=C(O)c1csc(F)c1C(=O)O. The number of hydrogen-bond donors (Lipinski definition) is 2. The monoisotopic (exact) mass is 190 g/mol. The van der Waals surface area contributed by atoms with Crippen LogP contribution in [0.15, 0.2) is 5.38 Å². The molecule has 1 aromatic rings. The summed E-state index contributed by atoms with van der Waals surface area (Å²) in [5.41, 5.74) is -1.28. The molecule has 0 fully saturated rings. The third-order valence-electron chi connectivity index (χ3n) is 1.19.